The monoisotopic (exact) mass is 552 g/mol. The number of aromatic nitrogens is 4. The Balaban J connectivity index is 1.28. The van der Waals surface area contributed by atoms with Crippen LogP contribution < -0.4 is 5.32 Å². The molecule has 3 aromatic heterocycles. The Morgan fingerprint density at radius 2 is 1.93 bits per heavy atom. The Hall–Kier alpha value is -4.21. The van der Waals surface area contributed by atoms with Crippen LogP contribution in [0.1, 0.15) is 17.4 Å². The summed E-state index contributed by atoms with van der Waals surface area (Å²) in [7, 11) is 4.14. The summed E-state index contributed by atoms with van der Waals surface area (Å²) in [4.78, 5) is 11.2. The van der Waals surface area contributed by atoms with E-state index in [0.29, 0.717) is 12.4 Å². The molecule has 0 spiro atoms. The predicted octanol–water partition coefficient (Wildman–Crippen LogP) is 7.14. The standard InChI is InChI=1S/C31H29FN6OS/c1-37(2)28(18-40-3)30-12-11-29(39-30)21-7-9-26-25(15-21)31(34-19-33-26)36-24-8-10-27-22(14-24)16-35-38(27)17-20-5-4-6-23(32)13-20/h4-16,19,28H,17-18H2,1-3H3,(H,33,34,36)/t28-/m1/s1. The Bertz CT molecular complexity index is 1800. The van der Waals surface area contributed by atoms with Gasteiger partial charge in [-0.2, -0.15) is 16.9 Å². The average Bonchev–Trinajstić information content (AvgIpc) is 3.59. The summed E-state index contributed by atoms with van der Waals surface area (Å²) in [6.45, 7) is 0.494. The lowest BCUT2D eigenvalue weighted by molar-refractivity contribution is 0.284. The number of halogens is 1. The van der Waals surface area contributed by atoms with Crippen LogP contribution in [0.15, 0.2) is 89.7 Å². The van der Waals surface area contributed by atoms with Gasteiger partial charge < -0.3 is 9.73 Å². The van der Waals surface area contributed by atoms with E-state index in [2.05, 4.69) is 57.8 Å². The van der Waals surface area contributed by atoms with E-state index in [9.17, 15) is 4.39 Å². The highest BCUT2D eigenvalue weighted by Crippen LogP contribution is 2.33. The number of hydrogen-bond acceptors (Lipinski definition) is 7. The van der Waals surface area contributed by atoms with Crippen LogP contribution in [0.2, 0.25) is 0 Å². The van der Waals surface area contributed by atoms with Gasteiger partial charge in [0.2, 0.25) is 0 Å². The van der Waals surface area contributed by atoms with Crippen LogP contribution in [0.5, 0.6) is 0 Å². The van der Waals surface area contributed by atoms with E-state index < -0.39 is 0 Å². The fraction of sp³-hybridized carbons (Fsp3) is 0.194. The van der Waals surface area contributed by atoms with Crippen molar-refractivity contribution in [3.05, 3.63) is 102 Å². The molecule has 3 heterocycles. The van der Waals surface area contributed by atoms with Crippen molar-refractivity contribution in [2.45, 2.75) is 12.6 Å². The minimum absolute atomic E-state index is 0.206. The lowest BCUT2D eigenvalue weighted by Gasteiger charge is -2.21. The van der Waals surface area contributed by atoms with Gasteiger partial charge in [0.1, 0.15) is 29.5 Å². The number of anilines is 2. The van der Waals surface area contributed by atoms with Gasteiger partial charge in [0, 0.05) is 27.8 Å². The molecule has 6 rings (SSSR count). The first-order valence-electron chi connectivity index (χ1n) is 13.0. The van der Waals surface area contributed by atoms with Crippen LogP contribution in [0.25, 0.3) is 33.1 Å². The van der Waals surface area contributed by atoms with Crippen LogP contribution in [-0.4, -0.2) is 50.8 Å². The molecule has 9 heteroatoms. The van der Waals surface area contributed by atoms with Gasteiger partial charge in [0.25, 0.3) is 0 Å². The average molecular weight is 553 g/mol. The normalized spacial score (nSPS) is 12.4. The first-order valence-corrected chi connectivity index (χ1v) is 14.3. The molecule has 0 amide bonds. The first-order chi connectivity index (χ1) is 19.5. The second-order valence-electron chi connectivity index (χ2n) is 9.92. The molecule has 6 aromatic rings. The Labute approximate surface area is 236 Å². The highest BCUT2D eigenvalue weighted by atomic mass is 32.2. The van der Waals surface area contributed by atoms with E-state index in [4.69, 9.17) is 4.42 Å². The van der Waals surface area contributed by atoms with Crippen LogP contribution in [0, 0.1) is 5.82 Å². The summed E-state index contributed by atoms with van der Waals surface area (Å²) in [6.07, 6.45) is 5.49. The fourth-order valence-electron chi connectivity index (χ4n) is 4.88. The molecule has 40 heavy (non-hydrogen) atoms. The van der Waals surface area contributed by atoms with Crippen molar-refractivity contribution in [3.63, 3.8) is 0 Å². The first kappa shape index (κ1) is 26.0. The summed E-state index contributed by atoms with van der Waals surface area (Å²) < 4.78 is 21.8. The number of nitrogens with one attached hydrogen (secondary N) is 1. The molecular weight excluding hydrogens is 523 g/mol. The number of thioether (sulfide) groups is 1. The lowest BCUT2D eigenvalue weighted by Crippen LogP contribution is -2.21. The number of benzene rings is 3. The molecule has 0 aliphatic heterocycles. The lowest BCUT2D eigenvalue weighted by atomic mass is 10.1. The topological polar surface area (TPSA) is 72.0 Å². The van der Waals surface area contributed by atoms with Crippen molar-refractivity contribution in [2.75, 3.05) is 31.4 Å². The minimum atomic E-state index is -0.249. The zero-order chi connectivity index (χ0) is 27.6. The largest absolute Gasteiger partial charge is 0.459 e. The van der Waals surface area contributed by atoms with Crippen molar-refractivity contribution >= 4 is 45.1 Å². The summed E-state index contributed by atoms with van der Waals surface area (Å²) in [6, 6.07) is 23.0. The number of nitrogens with zero attached hydrogens (tertiary/aromatic N) is 5. The zero-order valence-electron chi connectivity index (χ0n) is 22.5. The van der Waals surface area contributed by atoms with E-state index >= 15 is 0 Å². The molecule has 0 radical (unpaired) electrons. The van der Waals surface area contributed by atoms with E-state index in [1.807, 2.05) is 53.3 Å². The van der Waals surface area contributed by atoms with Gasteiger partial charge in [0.15, 0.2) is 0 Å². The fourth-order valence-corrected chi connectivity index (χ4v) is 5.65. The van der Waals surface area contributed by atoms with Crippen molar-refractivity contribution in [1.29, 1.82) is 0 Å². The Morgan fingerprint density at radius 1 is 1.02 bits per heavy atom. The van der Waals surface area contributed by atoms with Gasteiger partial charge in [-0.25, -0.2) is 14.4 Å². The van der Waals surface area contributed by atoms with Crippen LogP contribution in [-0.2, 0) is 6.54 Å². The number of hydrogen-bond donors (Lipinski definition) is 1. The van der Waals surface area contributed by atoms with E-state index in [-0.39, 0.29) is 11.9 Å². The van der Waals surface area contributed by atoms with E-state index in [0.717, 1.165) is 55.9 Å². The van der Waals surface area contributed by atoms with Gasteiger partial charge in [0.05, 0.1) is 29.8 Å². The molecule has 202 valence electrons. The summed E-state index contributed by atoms with van der Waals surface area (Å²) in [5.74, 6) is 3.17. The Kier molecular flexibility index (Phi) is 7.23. The van der Waals surface area contributed by atoms with Gasteiger partial charge in [-0.15, -0.1) is 0 Å². The van der Waals surface area contributed by atoms with Gasteiger partial charge >= 0.3 is 0 Å². The molecule has 0 saturated carbocycles. The number of fused-ring (bicyclic) bond motifs is 2. The maximum Gasteiger partial charge on any atom is 0.141 e. The maximum atomic E-state index is 13.6. The molecule has 0 saturated heterocycles. The summed E-state index contributed by atoms with van der Waals surface area (Å²) in [5.41, 5.74) is 4.52. The SMILES string of the molecule is CSC[C@H](c1ccc(-c2ccc3ncnc(Nc4ccc5c(cnn5Cc5cccc(F)c5)c4)c3c2)o1)N(C)C. The minimum Gasteiger partial charge on any atom is -0.459 e. The second kappa shape index (κ2) is 11.1. The predicted molar refractivity (Wildman–Crippen MR) is 161 cm³/mol. The number of rotatable bonds is 9. The van der Waals surface area contributed by atoms with Gasteiger partial charge in [-0.05, 0) is 86.6 Å². The van der Waals surface area contributed by atoms with Crippen LogP contribution >= 0.6 is 11.8 Å². The molecule has 0 fully saturated rings. The van der Waals surface area contributed by atoms with Crippen LogP contribution in [0.3, 0.4) is 0 Å². The maximum absolute atomic E-state index is 13.6. The third kappa shape index (κ3) is 5.30. The molecule has 0 aliphatic carbocycles. The molecule has 0 aliphatic rings. The van der Waals surface area contributed by atoms with Crippen molar-refractivity contribution in [2.24, 2.45) is 0 Å². The quantitative estimate of drug-likeness (QED) is 0.204. The summed E-state index contributed by atoms with van der Waals surface area (Å²) >= 11 is 1.80. The van der Waals surface area contributed by atoms with Gasteiger partial charge in [-0.3, -0.25) is 9.58 Å². The van der Waals surface area contributed by atoms with E-state index in [1.54, 1.807) is 24.2 Å². The van der Waals surface area contributed by atoms with Crippen molar-refractivity contribution in [1.82, 2.24) is 24.6 Å². The second-order valence-corrected chi connectivity index (χ2v) is 10.8. The zero-order valence-corrected chi connectivity index (χ0v) is 23.3. The van der Waals surface area contributed by atoms with Gasteiger partial charge in [-0.1, -0.05) is 12.1 Å². The Morgan fingerprint density at radius 3 is 2.75 bits per heavy atom. The van der Waals surface area contributed by atoms with Crippen LogP contribution in [0.4, 0.5) is 15.9 Å². The third-order valence-corrected chi connectivity index (χ3v) is 7.60. The highest BCUT2D eigenvalue weighted by Gasteiger charge is 2.18. The number of furan rings is 1. The molecule has 0 bridgehead atoms. The molecule has 3 aromatic carbocycles. The molecule has 1 atom stereocenters. The molecular formula is C31H29FN6OS. The highest BCUT2D eigenvalue weighted by molar-refractivity contribution is 7.98. The third-order valence-electron chi connectivity index (χ3n) is 6.95. The molecule has 7 nitrogen and oxygen atoms in total. The molecule has 1 N–H and O–H groups in total. The molecule has 0 unspecified atom stereocenters. The smallest absolute Gasteiger partial charge is 0.141 e. The summed E-state index contributed by atoms with van der Waals surface area (Å²) in [5, 5.41) is 9.86. The van der Waals surface area contributed by atoms with Crippen molar-refractivity contribution < 1.29 is 8.81 Å². The van der Waals surface area contributed by atoms with Crippen molar-refractivity contribution in [3.8, 4) is 11.3 Å². The van der Waals surface area contributed by atoms with E-state index in [1.165, 1.54) is 12.1 Å².